The molecule has 1 aromatic carbocycles. The smallest absolute Gasteiger partial charge is 0.231 e. The summed E-state index contributed by atoms with van der Waals surface area (Å²) in [5, 5.41) is 12.5. The average molecular weight is 409 g/mol. The van der Waals surface area contributed by atoms with Gasteiger partial charge in [0.2, 0.25) is 16.9 Å². The topological polar surface area (TPSA) is 84.4 Å². The van der Waals surface area contributed by atoms with Crippen molar-refractivity contribution in [1.82, 2.24) is 15.1 Å². The summed E-state index contributed by atoms with van der Waals surface area (Å²) in [6, 6.07) is 7.03. The first-order valence-electron chi connectivity index (χ1n) is 8.84. The molecule has 0 bridgehead atoms. The van der Waals surface area contributed by atoms with Crippen molar-refractivity contribution in [2.45, 2.75) is 32.8 Å². The third kappa shape index (κ3) is 5.40. The van der Waals surface area contributed by atoms with Crippen LogP contribution in [0.2, 0.25) is 5.02 Å². The third-order valence-electron chi connectivity index (χ3n) is 4.24. The molecule has 1 aliphatic rings. The molecule has 0 spiro atoms. The standard InChI is InChI=1S/C18H21ClN4O3S/c1-2-3-8-23-10-12(9-16(23)24)17(25)20-18-22-21-15(27-18)11-26-14-6-4-13(19)5-7-14/h4-7,12H,2-3,8-11H2,1H3,(H,20,22,25)/t12-/m1/s1. The highest BCUT2D eigenvalue weighted by atomic mass is 35.5. The van der Waals surface area contributed by atoms with E-state index in [-0.39, 0.29) is 30.8 Å². The van der Waals surface area contributed by atoms with Gasteiger partial charge in [-0.25, -0.2) is 0 Å². The van der Waals surface area contributed by atoms with E-state index in [1.54, 1.807) is 29.2 Å². The minimum Gasteiger partial charge on any atom is -0.486 e. The summed E-state index contributed by atoms with van der Waals surface area (Å²) in [5.41, 5.74) is 0. The highest BCUT2D eigenvalue weighted by Gasteiger charge is 2.34. The number of amides is 2. The molecule has 1 fully saturated rings. The molecular weight excluding hydrogens is 388 g/mol. The van der Waals surface area contributed by atoms with Gasteiger partial charge in [0.15, 0.2) is 5.01 Å². The predicted octanol–water partition coefficient (Wildman–Crippen LogP) is 3.36. The van der Waals surface area contributed by atoms with Crippen LogP contribution in [0.25, 0.3) is 0 Å². The molecule has 144 valence electrons. The maximum absolute atomic E-state index is 12.4. The molecule has 1 saturated heterocycles. The number of hydrogen-bond acceptors (Lipinski definition) is 6. The number of benzene rings is 1. The molecule has 2 aromatic rings. The summed E-state index contributed by atoms with van der Waals surface area (Å²) in [6.45, 7) is 3.51. The van der Waals surface area contributed by atoms with Gasteiger partial charge in [0.25, 0.3) is 0 Å². The lowest BCUT2D eigenvalue weighted by molar-refractivity contribution is -0.128. The molecule has 0 radical (unpaired) electrons. The maximum atomic E-state index is 12.4. The van der Waals surface area contributed by atoms with Crippen LogP contribution in [0.3, 0.4) is 0 Å². The van der Waals surface area contributed by atoms with Crippen LogP contribution in [0.4, 0.5) is 5.13 Å². The van der Waals surface area contributed by atoms with Crippen LogP contribution >= 0.6 is 22.9 Å². The fourth-order valence-corrected chi connectivity index (χ4v) is 3.54. The van der Waals surface area contributed by atoms with Crippen LogP contribution in [0, 0.1) is 5.92 Å². The van der Waals surface area contributed by atoms with Crippen molar-refractivity contribution in [1.29, 1.82) is 0 Å². The normalized spacial score (nSPS) is 16.6. The van der Waals surface area contributed by atoms with Gasteiger partial charge in [-0.05, 0) is 30.7 Å². The molecule has 27 heavy (non-hydrogen) atoms. The zero-order chi connectivity index (χ0) is 19.2. The largest absolute Gasteiger partial charge is 0.486 e. The zero-order valence-electron chi connectivity index (χ0n) is 15.0. The fourth-order valence-electron chi connectivity index (χ4n) is 2.76. The molecule has 0 aliphatic carbocycles. The van der Waals surface area contributed by atoms with Crippen LogP contribution in [0.1, 0.15) is 31.2 Å². The van der Waals surface area contributed by atoms with E-state index in [9.17, 15) is 9.59 Å². The quantitative estimate of drug-likeness (QED) is 0.723. The van der Waals surface area contributed by atoms with Gasteiger partial charge in [0.05, 0.1) is 5.92 Å². The first kappa shape index (κ1) is 19.6. The van der Waals surface area contributed by atoms with Gasteiger partial charge in [0, 0.05) is 24.5 Å². The molecule has 1 aromatic heterocycles. The third-order valence-corrected chi connectivity index (χ3v) is 5.30. The van der Waals surface area contributed by atoms with Crippen LogP contribution < -0.4 is 10.1 Å². The van der Waals surface area contributed by atoms with Crippen molar-refractivity contribution in [2.75, 3.05) is 18.4 Å². The lowest BCUT2D eigenvalue weighted by atomic mass is 10.1. The van der Waals surface area contributed by atoms with Gasteiger partial charge >= 0.3 is 0 Å². The van der Waals surface area contributed by atoms with Gasteiger partial charge in [-0.1, -0.05) is 36.3 Å². The number of unbranched alkanes of at least 4 members (excludes halogenated alkanes) is 1. The number of carbonyl (C=O) groups excluding carboxylic acids is 2. The molecule has 0 unspecified atom stereocenters. The molecule has 1 atom stereocenters. The van der Waals surface area contributed by atoms with E-state index in [4.69, 9.17) is 16.3 Å². The Kier molecular flexibility index (Phi) is 6.63. The molecule has 0 saturated carbocycles. The molecular formula is C18H21ClN4O3S. The molecule has 1 N–H and O–H groups in total. The number of likely N-dealkylation sites (tertiary alicyclic amines) is 1. The van der Waals surface area contributed by atoms with E-state index in [1.165, 1.54) is 11.3 Å². The highest BCUT2D eigenvalue weighted by molar-refractivity contribution is 7.15. The van der Waals surface area contributed by atoms with Gasteiger partial charge in [-0.2, -0.15) is 0 Å². The van der Waals surface area contributed by atoms with Crippen molar-refractivity contribution >= 4 is 39.9 Å². The molecule has 1 aliphatic heterocycles. The molecule has 7 nitrogen and oxygen atoms in total. The number of hydrogen-bond donors (Lipinski definition) is 1. The van der Waals surface area contributed by atoms with Crippen LogP contribution in [-0.4, -0.2) is 40.0 Å². The van der Waals surface area contributed by atoms with E-state index >= 15 is 0 Å². The summed E-state index contributed by atoms with van der Waals surface area (Å²) in [6.07, 6.45) is 2.22. The molecule has 9 heteroatoms. The SMILES string of the molecule is CCCCN1C[C@H](C(=O)Nc2nnc(COc3ccc(Cl)cc3)s2)CC1=O. The molecule has 2 amide bonds. The Morgan fingerprint density at radius 3 is 2.89 bits per heavy atom. The van der Waals surface area contributed by atoms with E-state index < -0.39 is 0 Å². The van der Waals surface area contributed by atoms with Crippen molar-refractivity contribution in [3.05, 3.63) is 34.3 Å². The Bertz CT molecular complexity index is 796. The number of rotatable bonds is 8. The Morgan fingerprint density at radius 1 is 1.37 bits per heavy atom. The summed E-state index contributed by atoms with van der Waals surface area (Å²) >= 11 is 7.09. The van der Waals surface area contributed by atoms with Crippen LogP contribution in [0.15, 0.2) is 24.3 Å². The number of aromatic nitrogens is 2. The minimum atomic E-state index is -0.341. The maximum Gasteiger partial charge on any atom is 0.231 e. The highest BCUT2D eigenvalue weighted by Crippen LogP contribution is 2.23. The Balaban J connectivity index is 1.49. The summed E-state index contributed by atoms with van der Waals surface area (Å²) in [7, 11) is 0. The van der Waals surface area contributed by atoms with E-state index in [1.807, 2.05) is 0 Å². The average Bonchev–Trinajstić information content (AvgIpc) is 3.26. The second-order valence-corrected chi connectivity index (χ2v) is 7.83. The van der Waals surface area contributed by atoms with Crippen molar-refractivity contribution < 1.29 is 14.3 Å². The predicted molar refractivity (Wildman–Crippen MR) is 104 cm³/mol. The van der Waals surface area contributed by atoms with Gasteiger partial charge in [0.1, 0.15) is 12.4 Å². The first-order chi connectivity index (χ1) is 13.0. The Morgan fingerprint density at radius 2 is 2.15 bits per heavy atom. The van der Waals surface area contributed by atoms with E-state index in [0.29, 0.717) is 34.0 Å². The number of nitrogens with one attached hydrogen (secondary N) is 1. The summed E-state index contributed by atoms with van der Waals surface area (Å²) in [4.78, 5) is 26.2. The second-order valence-electron chi connectivity index (χ2n) is 6.33. The number of halogens is 1. The minimum absolute atomic E-state index is 0.0397. The monoisotopic (exact) mass is 408 g/mol. The first-order valence-corrected chi connectivity index (χ1v) is 10.0. The Labute approximate surface area is 166 Å². The van der Waals surface area contributed by atoms with Crippen molar-refractivity contribution in [3.63, 3.8) is 0 Å². The van der Waals surface area contributed by atoms with Gasteiger partial charge in [-0.3, -0.25) is 9.59 Å². The Hall–Kier alpha value is -2.19. The summed E-state index contributed by atoms with van der Waals surface area (Å²) in [5.74, 6) is 0.186. The van der Waals surface area contributed by atoms with E-state index in [2.05, 4.69) is 22.4 Å². The second kappa shape index (κ2) is 9.14. The number of carbonyl (C=O) groups is 2. The van der Waals surface area contributed by atoms with Crippen molar-refractivity contribution in [2.24, 2.45) is 5.92 Å². The molecule has 3 rings (SSSR count). The number of nitrogens with zero attached hydrogens (tertiary/aromatic N) is 3. The summed E-state index contributed by atoms with van der Waals surface area (Å²) < 4.78 is 5.62. The van der Waals surface area contributed by atoms with Gasteiger partial charge in [-0.15, -0.1) is 10.2 Å². The van der Waals surface area contributed by atoms with E-state index in [0.717, 1.165) is 12.8 Å². The zero-order valence-corrected chi connectivity index (χ0v) is 16.6. The van der Waals surface area contributed by atoms with Gasteiger partial charge < -0.3 is 15.0 Å². The van der Waals surface area contributed by atoms with Crippen LogP contribution in [-0.2, 0) is 16.2 Å². The lowest BCUT2D eigenvalue weighted by Crippen LogP contribution is -2.29. The number of anilines is 1. The van der Waals surface area contributed by atoms with Crippen molar-refractivity contribution in [3.8, 4) is 5.75 Å². The fraction of sp³-hybridized carbons (Fsp3) is 0.444. The lowest BCUT2D eigenvalue weighted by Gasteiger charge is -2.15. The van der Waals surface area contributed by atoms with Crippen LogP contribution in [0.5, 0.6) is 5.75 Å². The molecule has 2 heterocycles. The number of ether oxygens (including phenoxy) is 1.